The molecule has 1 aromatic heterocycles. The van der Waals surface area contributed by atoms with Gasteiger partial charge in [-0.15, -0.1) is 0 Å². The number of fused-ring (bicyclic) bond motifs is 5. The quantitative estimate of drug-likeness (QED) is 0.0752. The summed E-state index contributed by atoms with van der Waals surface area (Å²) >= 11 is 0. The number of pyridine rings is 1. The maximum absolute atomic E-state index is 14.8. The molecule has 356 valence electrons. The Balaban J connectivity index is 1.58. The Morgan fingerprint density at radius 2 is 1.55 bits per heavy atom. The number of aryl methyl sites for hydroxylation is 1. The van der Waals surface area contributed by atoms with E-state index in [1.165, 1.54) is 18.9 Å². The lowest BCUT2D eigenvalue weighted by molar-refractivity contribution is -0.141. The molecule has 0 fully saturated rings. The van der Waals surface area contributed by atoms with Crippen molar-refractivity contribution in [2.45, 2.75) is 77.0 Å². The van der Waals surface area contributed by atoms with Gasteiger partial charge in [0.15, 0.2) is 0 Å². The highest BCUT2D eigenvalue weighted by Crippen LogP contribution is 2.40. The molecule has 0 saturated heterocycles. The molecule has 1 aliphatic heterocycles. The number of nitrogens with two attached hydrogens (primary N) is 3. The number of rotatable bonds is 16. The van der Waals surface area contributed by atoms with Gasteiger partial charge >= 0.3 is 0 Å². The number of ether oxygens (including phenoxy) is 2. The number of aromatic nitrogens is 1. The van der Waals surface area contributed by atoms with Crippen LogP contribution in [0.2, 0.25) is 0 Å². The Morgan fingerprint density at radius 1 is 0.910 bits per heavy atom. The third kappa shape index (κ3) is 12.4. The number of carbonyl (C=O) groups is 5. The molecule has 5 amide bonds. The van der Waals surface area contributed by atoms with Crippen molar-refractivity contribution in [3.8, 4) is 40.0 Å². The van der Waals surface area contributed by atoms with Crippen molar-refractivity contribution in [3.63, 3.8) is 0 Å². The molecule has 11 N–H and O–H groups in total. The largest absolute Gasteiger partial charge is 0.492 e. The summed E-state index contributed by atoms with van der Waals surface area (Å²) in [5, 5.41) is 23.1. The van der Waals surface area contributed by atoms with Gasteiger partial charge in [-0.05, 0) is 79.3 Å². The maximum atomic E-state index is 14.8. The van der Waals surface area contributed by atoms with Crippen molar-refractivity contribution in [2.75, 3.05) is 58.8 Å². The van der Waals surface area contributed by atoms with Crippen molar-refractivity contribution in [1.82, 2.24) is 31.2 Å². The molecule has 0 aliphatic carbocycles. The first-order valence-electron chi connectivity index (χ1n) is 22.2. The molecule has 4 bridgehead atoms. The minimum absolute atomic E-state index is 0.00207. The molecular weight excluding hydrogens is 855 g/mol. The van der Waals surface area contributed by atoms with E-state index < -0.39 is 53.7 Å². The van der Waals surface area contributed by atoms with Crippen LogP contribution in [0.1, 0.15) is 72.9 Å². The van der Waals surface area contributed by atoms with Crippen LogP contribution < -0.4 is 53.3 Å². The van der Waals surface area contributed by atoms with E-state index in [9.17, 15) is 29.2 Å². The fraction of sp³-hybridized carbons (Fsp3) is 0.408. The number of hydrogen-bond donors (Lipinski definition) is 8. The van der Waals surface area contributed by atoms with Crippen LogP contribution in [-0.2, 0) is 31.0 Å². The van der Waals surface area contributed by atoms with E-state index in [2.05, 4.69) is 59.5 Å². The van der Waals surface area contributed by atoms with E-state index in [-0.39, 0.29) is 63.2 Å². The number of anilines is 1. The van der Waals surface area contributed by atoms with Crippen LogP contribution in [0.5, 0.6) is 11.5 Å². The average molecular weight is 918 g/mol. The number of benzene rings is 3. The van der Waals surface area contributed by atoms with Gasteiger partial charge < -0.3 is 58.2 Å². The second-order valence-electron chi connectivity index (χ2n) is 17.3. The minimum atomic E-state index is -1.40. The minimum Gasteiger partial charge on any atom is -0.492 e. The Hall–Kier alpha value is -7.07. The van der Waals surface area contributed by atoms with Gasteiger partial charge in [0.05, 0.1) is 28.7 Å². The molecule has 4 atom stereocenters. The number of nitriles is 1. The van der Waals surface area contributed by atoms with Crippen LogP contribution in [0.15, 0.2) is 66.7 Å². The molecular formula is C49H63N11O7. The van der Waals surface area contributed by atoms with E-state index in [1.807, 2.05) is 18.2 Å². The lowest BCUT2D eigenvalue weighted by Gasteiger charge is -2.32. The molecule has 0 saturated carbocycles. The molecule has 3 aromatic carbocycles. The number of nitrogens with one attached hydrogen (secondary N) is 5. The van der Waals surface area contributed by atoms with Gasteiger partial charge in [-0.25, -0.2) is 0 Å². The Labute approximate surface area is 391 Å². The van der Waals surface area contributed by atoms with Crippen molar-refractivity contribution >= 4 is 35.2 Å². The van der Waals surface area contributed by atoms with Gasteiger partial charge in [0.1, 0.15) is 55.4 Å². The number of amides is 5. The summed E-state index contributed by atoms with van der Waals surface area (Å²) in [6, 6.07) is 16.8. The van der Waals surface area contributed by atoms with Crippen molar-refractivity contribution in [1.29, 1.82) is 5.26 Å². The third-order valence-electron chi connectivity index (χ3n) is 11.4. The monoisotopic (exact) mass is 917 g/mol. The summed E-state index contributed by atoms with van der Waals surface area (Å²) in [5.74, 6) is -2.53. The molecule has 5 rings (SSSR count). The highest BCUT2D eigenvalue weighted by molar-refractivity contribution is 6.01. The molecule has 4 aromatic rings. The van der Waals surface area contributed by atoms with Crippen LogP contribution >= 0.6 is 0 Å². The first-order valence-corrected chi connectivity index (χ1v) is 22.2. The molecule has 0 radical (unpaired) electrons. The summed E-state index contributed by atoms with van der Waals surface area (Å²) < 4.78 is 12.2. The summed E-state index contributed by atoms with van der Waals surface area (Å²) in [5.41, 5.74) is 23.5. The van der Waals surface area contributed by atoms with Gasteiger partial charge in [0.2, 0.25) is 23.6 Å². The molecule has 18 nitrogen and oxygen atoms in total. The molecule has 4 unspecified atom stereocenters. The van der Waals surface area contributed by atoms with E-state index in [0.29, 0.717) is 50.8 Å². The molecule has 2 heterocycles. The maximum Gasteiger partial charge on any atom is 0.253 e. The summed E-state index contributed by atoms with van der Waals surface area (Å²) in [7, 11) is 3.16. The van der Waals surface area contributed by atoms with Crippen molar-refractivity contribution in [3.05, 3.63) is 94.7 Å². The predicted molar refractivity (Wildman–Crippen MR) is 256 cm³/mol. The second kappa shape index (κ2) is 22.9. The van der Waals surface area contributed by atoms with Gasteiger partial charge in [-0.1, -0.05) is 57.2 Å². The fourth-order valence-electron chi connectivity index (χ4n) is 7.74. The Morgan fingerprint density at radius 3 is 2.15 bits per heavy atom. The van der Waals surface area contributed by atoms with E-state index >= 15 is 0 Å². The summed E-state index contributed by atoms with van der Waals surface area (Å²) in [4.78, 5) is 76.7. The first kappa shape index (κ1) is 50.9. The number of nitrogens with zero attached hydrogens (tertiary/aromatic N) is 3. The fourth-order valence-corrected chi connectivity index (χ4v) is 7.74. The van der Waals surface area contributed by atoms with Gasteiger partial charge in [0.25, 0.3) is 5.91 Å². The van der Waals surface area contributed by atoms with Crippen LogP contribution in [0.25, 0.3) is 22.4 Å². The standard InChI is InChI=1S/C49H63N11O7/c1-28-34(27-38(54-6)42(56-28)31-9-12-33(13-10-31)49(3,4)5)45(62)58-37(16-17-50)48(65)60(7)43-32-11-15-41(67-23-20-53)36(26-32)35-24-30(8-14-40(35)66-22-19-52)25-39(46(63)55-21-18-51)59-44(61)29(2)57-47(43)64/h8-15,24,26-27,29,37,39,43,54H,16-17,19-23,25,50,52-53H2,1-7H3,(H,55,63)(H,57,64)(H,58,62)(H,59,61). The predicted octanol–water partition coefficient (Wildman–Crippen LogP) is 2.57. The Kier molecular flexibility index (Phi) is 17.4. The molecule has 67 heavy (non-hydrogen) atoms. The zero-order chi connectivity index (χ0) is 49.0. The summed E-state index contributed by atoms with van der Waals surface area (Å²) in [6.45, 7) is 9.94. The highest BCUT2D eigenvalue weighted by Gasteiger charge is 2.36. The second-order valence-corrected chi connectivity index (χ2v) is 17.3. The highest BCUT2D eigenvalue weighted by atomic mass is 16.5. The van der Waals surface area contributed by atoms with Crippen LogP contribution in [0, 0.1) is 18.3 Å². The lowest BCUT2D eigenvalue weighted by atomic mass is 9.86. The third-order valence-corrected chi connectivity index (χ3v) is 11.4. The molecule has 1 aliphatic rings. The molecule has 18 heteroatoms. The van der Waals surface area contributed by atoms with Crippen molar-refractivity contribution < 1.29 is 33.4 Å². The SMILES string of the molecule is CNc1cc(C(=O)NC(CCN)C(=O)N(C)C2C(=O)NC(C)C(=O)NC(C(=O)NCC#N)Cc3ccc(OCCN)c(c3)-c3cc2ccc3OCCN)c(C)nc1-c1ccc(C(C)(C)C)cc1. The van der Waals surface area contributed by atoms with Crippen LogP contribution in [0.4, 0.5) is 5.69 Å². The molecule has 0 spiro atoms. The van der Waals surface area contributed by atoms with Crippen LogP contribution in [0.3, 0.4) is 0 Å². The van der Waals surface area contributed by atoms with Gasteiger partial charge in [-0.3, -0.25) is 29.0 Å². The van der Waals surface area contributed by atoms with E-state index in [4.69, 9.17) is 31.7 Å². The topological polar surface area (TPSA) is 282 Å². The van der Waals surface area contributed by atoms with E-state index in [0.717, 1.165) is 11.1 Å². The van der Waals surface area contributed by atoms with E-state index in [1.54, 1.807) is 56.4 Å². The number of hydrogen-bond acceptors (Lipinski definition) is 13. The summed E-state index contributed by atoms with van der Waals surface area (Å²) in [6.07, 6.45) is 0.00865. The first-order chi connectivity index (χ1) is 31.9. The lowest BCUT2D eigenvalue weighted by Crippen LogP contribution is -2.56. The Bertz CT molecular complexity index is 2480. The van der Waals surface area contributed by atoms with Crippen LogP contribution in [-0.4, -0.2) is 111 Å². The zero-order valence-electron chi connectivity index (χ0n) is 39.2. The van der Waals surface area contributed by atoms with Gasteiger partial charge in [-0.2, -0.15) is 5.26 Å². The number of carbonyl (C=O) groups excluding carboxylic acids is 5. The normalized spacial score (nSPS) is 16.5. The van der Waals surface area contributed by atoms with Crippen molar-refractivity contribution in [2.24, 2.45) is 17.2 Å². The van der Waals surface area contributed by atoms with Gasteiger partial charge in [0, 0.05) is 50.3 Å². The smallest absolute Gasteiger partial charge is 0.253 e. The number of likely N-dealkylation sites (N-methyl/N-ethyl adjacent to an activating group) is 1. The average Bonchev–Trinajstić information content (AvgIpc) is 3.30. The zero-order valence-corrected chi connectivity index (χ0v) is 39.2.